The third-order valence-electron chi connectivity index (χ3n) is 3.73. The van der Waals surface area contributed by atoms with E-state index in [4.69, 9.17) is 0 Å². The highest BCUT2D eigenvalue weighted by Crippen LogP contribution is 2.13. The highest BCUT2D eigenvalue weighted by atomic mass is 19.1. The highest BCUT2D eigenvalue weighted by molar-refractivity contribution is 5.78. The number of rotatable bonds is 3. The maximum Gasteiger partial charge on any atom is 0.317 e. The minimum absolute atomic E-state index is 0.0640. The molecule has 7 heteroatoms. The number of hydrogen-bond acceptors (Lipinski definition) is 3. The lowest BCUT2D eigenvalue weighted by atomic mass is 10.2. The van der Waals surface area contributed by atoms with Gasteiger partial charge in [-0.1, -0.05) is 12.1 Å². The summed E-state index contributed by atoms with van der Waals surface area (Å²) in [6.45, 7) is 0.0640. The van der Waals surface area contributed by atoms with Crippen molar-refractivity contribution in [2.45, 2.75) is 6.54 Å². The Kier molecular flexibility index (Phi) is 4.47. The second-order valence-corrected chi connectivity index (χ2v) is 5.72. The van der Waals surface area contributed by atoms with E-state index in [9.17, 15) is 14.0 Å². The molecule has 1 aromatic heterocycles. The van der Waals surface area contributed by atoms with E-state index in [2.05, 4.69) is 10.3 Å². The standard InChI is InChI=1S/C18H17FN4O2/c1-22(2)18(25)20-11-16-21-15-6-4-3-5-14(15)17(24)23(16)13-9-7-12(19)8-10-13/h3-10H,11H2,1-2H3,(H,20,25). The smallest absolute Gasteiger partial charge is 0.317 e. The summed E-state index contributed by atoms with van der Waals surface area (Å²) in [7, 11) is 3.24. The van der Waals surface area contributed by atoms with E-state index in [1.807, 2.05) is 0 Å². The highest BCUT2D eigenvalue weighted by Gasteiger charge is 2.14. The fraction of sp³-hybridized carbons (Fsp3) is 0.167. The summed E-state index contributed by atoms with van der Waals surface area (Å²) in [5.74, 6) is -0.0292. The summed E-state index contributed by atoms with van der Waals surface area (Å²) in [6.07, 6.45) is 0. The van der Waals surface area contributed by atoms with Crippen LogP contribution in [0.25, 0.3) is 16.6 Å². The van der Waals surface area contributed by atoms with Crippen molar-refractivity contribution in [1.82, 2.24) is 19.8 Å². The zero-order valence-electron chi connectivity index (χ0n) is 13.9. The summed E-state index contributed by atoms with van der Waals surface area (Å²) in [5.41, 5.74) is 0.755. The molecule has 0 fully saturated rings. The van der Waals surface area contributed by atoms with Gasteiger partial charge in [-0.15, -0.1) is 0 Å². The van der Waals surface area contributed by atoms with E-state index >= 15 is 0 Å². The molecule has 0 unspecified atom stereocenters. The topological polar surface area (TPSA) is 67.2 Å². The number of urea groups is 1. The number of carbonyl (C=O) groups is 1. The van der Waals surface area contributed by atoms with Gasteiger partial charge in [-0.2, -0.15) is 0 Å². The maximum atomic E-state index is 13.2. The molecule has 0 bridgehead atoms. The van der Waals surface area contributed by atoms with Crippen molar-refractivity contribution in [2.75, 3.05) is 14.1 Å². The van der Waals surface area contributed by atoms with Crippen molar-refractivity contribution < 1.29 is 9.18 Å². The number of halogens is 1. The Balaban J connectivity index is 2.15. The Hall–Kier alpha value is -3.22. The number of benzene rings is 2. The molecule has 128 valence electrons. The number of fused-ring (bicyclic) bond motifs is 1. The zero-order chi connectivity index (χ0) is 18.0. The molecule has 0 aliphatic rings. The van der Waals surface area contributed by atoms with Crippen molar-refractivity contribution in [3.63, 3.8) is 0 Å². The van der Waals surface area contributed by atoms with Gasteiger partial charge in [0.1, 0.15) is 11.6 Å². The zero-order valence-corrected chi connectivity index (χ0v) is 13.9. The van der Waals surface area contributed by atoms with Gasteiger partial charge in [-0.3, -0.25) is 9.36 Å². The van der Waals surface area contributed by atoms with Crippen molar-refractivity contribution in [3.05, 3.63) is 70.5 Å². The molecule has 2 aromatic carbocycles. The second kappa shape index (κ2) is 6.72. The average molecular weight is 340 g/mol. The molecule has 25 heavy (non-hydrogen) atoms. The first-order chi connectivity index (χ1) is 12.0. The molecule has 3 rings (SSSR count). The van der Waals surface area contributed by atoms with Gasteiger partial charge in [-0.05, 0) is 36.4 Å². The number of nitrogens with zero attached hydrogens (tertiary/aromatic N) is 3. The molecule has 6 nitrogen and oxygen atoms in total. The van der Waals surface area contributed by atoms with Crippen LogP contribution >= 0.6 is 0 Å². The Labute approximate surface area is 143 Å². The second-order valence-electron chi connectivity index (χ2n) is 5.72. The molecule has 1 N–H and O–H groups in total. The van der Waals surface area contributed by atoms with Gasteiger partial charge in [0, 0.05) is 14.1 Å². The minimum atomic E-state index is -0.395. The Morgan fingerprint density at radius 3 is 2.52 bits per heavy atom. The third-order valence-corrected chi connectivity index (χ3v) is 3.73. The predicted octanol–water partition coefficient (Wildman–Crippen LogP) is 2.30. The number of para-hydroxylation sites is 1. The first-order valence-electron chi connectivity index (χ1n) is 7.69. The van der Waals surface area contributed by atoms with Gasteiger partial charge >= 0.3 is 6.03 Å². The van der Waals surface area contributed by atoms with Crippen LogP contribution in [-0.4, -0.2) is 34.6 Å². The molecule has 0 saturated heterocycles. The van der Waals surface area contributed by atoms with Crippen LogP contribution in [0.2, 0.25) is 0 Å². The van der Waals surface area contributed by atoms with Crippen LogP contribution in [0.1, 0.15) is 5.82 Å². The lowest BCUT2D eigenvalue weighted by Gasteiger charge is -2.16. The SMILES string of the molecule is CN(C)C(=O)NCc1nc2ccccc2c(=O)n1-c1ccc(F)cc1. The number of carbonyl (C=O) groups excluding carboxylic acids is 1. The molecule has 3 aromatic rings. The number of aromatic nitrogens is 2. The molecule has 0 aliphatic carbocycles. The fourth-order valence-electron chi connectivity index (χ4n) is 2.47. The van der Waals surface area contributed by atoms with Crippen molar-refractivity contribution in [2.24, 2.45) is 0 Å². The normalized spacial score (nSPS) is 10.7. The summed E-state index contributed by atoms with van der Waals surface area (Å²) >= 11 is 0. The van der Waals surface area contributed by atoms with Gasteiger partial charge < -0.3 is 10.2 Å². The first-order valence-corrected chi connectivity index (χ1v) is 7.69. The van der Waals surface area contributed by atoms with Crippen LogP contribution in [0, 0.1) is 5.82 Å². The third kappa shape index (κ3) is 3.35. The van der Waals surface area contributed by atoms with E-state index in [1.165, 1.54) is 33.7 Å². The van der Waals surface area contributed by atoms with Gasteiger partial charge in [0.25, 0.3) is 5.56 Å². The molecule has 0 atom stereocenters. The molecule has 0 saturated carbocycles. The number of hydrogen-bond donors (Lipinski definition) is 1. The van der Waals surface area contributed by atoms with E-state index < -0.39 is 5.82 Å². The summed E-state index contributed by atoms with van der Waals surface area (Å²) < 4.78 is 14.6. The Morgan fingerprint density at radius 2 is 1.84 bits per heavy atom. The fourth-order valence-corrected chi connectivity index (χ4v) is 2.47. The maximum absolute atomic E-state index is 13.2. The molecular weight excluding hydrogens is 323 g/mol. The number of amides is 2. The summed E-state index contributed by atoms with van der Waals surface area (Å²) in [5, 5.41) is 3.16. The first kappa shape index (κ1) is 16.6. The van der Waals surface area contributed by atoms with Crippen LogP contribution in [-0.2, 0) is 6.54 Å². The molecule has 1 heterocycles. The van der Waals surface area contributed by atoms with Gasteiger partial charge in [0.05, 0.1) is 23.1 Å². The van der Waals surface area contributed by atoms with Crippen molar-refractivity contribution in [3.8, 4) is 5.69 Å². The van der Waals surface area contributed by atoms with Gasteiger partial charge in [0.2, 0.25) is 0 Å². The summed E-state index contributed by atoms with van der Waals surface area (Å²) in [4.78, 5) is 30.6. The quantitative estimate of drug-likeness (QED) is 0.795. The van der Waals surface area contributed by atoms with E-state index in [0.717, 1.165) is 0 Å². The van der Waals surface area contributed by atoms with E-state index in [-0.39, 0.29) is 18.1 Å². The molecule has 0 radical (unpaired) electrons. The van der Waals surface area contributed by atoms with Crippen LogP contribution in [0.15, 0.2) is 53.3 Å². The van der Waals surface area contributed by atoms with Crippen LogP contribution in [0.4, 0.5) is 9.18 Å². The van der Waals surface area contributed by atoms with E-state index in [1.54, 1.807) is 38.4 Å². The predicted molar refractivity (Wildman–Crippen MR) is 93.2 cm³/mol. The monoisotopic (exact) mass is 340 g/mol. The lowest BCUT2D eigenvalue weighted by Crippen LogP contribution is -2.36. The molecular formula is C18H17FN4O2. The average Bonchev–Trinajstić information content (AvgIpc) is 2.61. The Bertz CT molecular complexity index is 981. The van der Waals surface area contributed by atoms with Gasteiger partial charge in [-0.25, -0.2) is 14.2 Å². The van der Waals surface area contributed by atoms with Crippen molar-refractivity contribution in [1.29, 1.82) is 0 Å². The summed E-state index contributed by atoms with van der Waals surface area (Å²) in [6, 6.07) is 12.2. The molecule has 2 amide bonds. The molecule has 0 aliphatic heterocycles. The van der Waals surface area contributed by atoms with Crippen LogP contribution < -0.4 is 10.9 Å². The lowest BCUT2D eigenvalue weighted by molar-refractivity contribution is 0.216. The molecule has 0 spiro atoms. The van der Waals surface area contributed by atoms with Crippen LogP contribution in [0.5, 0.6) is 0 Å². The Morgan fingerprint density at radius 1 is 1.16 bits per heavy atom. The van der Waals surface area contributed by atoms with E-state index in [0.29, 0.717) is 22.4 Å². The minimum Gasteiger partial charge on any atom is -0.331 e. The number of nitrogens with one attached hydrogen (secondary N) is 1. The largest absolute Gasteiger partial charge is 0.331 e. The van der Waals surface area contributed by atoms with Crippen LogP contribution in [0.3, 0.4) is 0 Å². The van der Waals surface area contributed by atoms with Crippen molar-refractivity contribution >= 4 is 16.9 Å². The van der Waals surface area contributed by atoms with Gasteiger partial charge in [0.15, 0.2) is 0 Å².